The molecule has 1 aliphatic heterocycles. The van der Waals surface area contributed by atoms with Gasteiger partial charge in [-0.05, 0) is 37.1 Å². The highest BCUT2D eigenvalue weighted by Gasteiger charge is 2.25. The topological polar surface area (TPSA) is 32.7 Å². The van der Waals surface area contributed by atoms with E-state index in [2.05, 4.69) is 24.8 Å². The number of hydrogen-bond acceptors (Lipinski definition) is 3. The van der Waals surface area contributed by atoms with Crippen molar-refractivity contribution in [3.63, 3.8) is 0 Å². The van der Waals surface area contributed by atoms with Gasteiger partial charge in [-0.25, -0.2) is 0 Å². The first-order valence-corrected chi connectivity index (χ1v) is 6.69. The highest BCUT2D eigenvalue weighted by molar-refractivity contribution is 6.30. The summed E-state index contributed by atoms with van der Waals surface area (Å²) in [5.41, 5.74) is 2.49. The number of ether oxygens (including phenoxy) is 1. The van der Waals surface area contributed by atoms with Crippen molar-refractivity contribution in [1.82, 2.24) is 4.90 Å². The first-order valence-electron chi connectivity index (χ1n) is 6.31. The number of aryl methyl sites for hydroxylation is 1. The quantitative estimate of drug-likeness (QED) is 0.913. The predicted octanol–water partition coefficient (Wildman–Crippen LogP) is 2.23. The SMILES string of the molecule is Cc1cc(Cl)ccc1CN1C[C@@H](CO)OC[C@H]1C. The van der Waals surface area contributed by atoms with Gasteiger partial charge >= 0.3 is 0 Å². The van der Waals surface area contributed by atoms with E-state index in [1.54, 1.807) is 0 Å². The van der Waals surface area contributed by atoms with E-state index in [4.69, 9.17) is 16.3 Å². The molecule has 0 aromatic heterocycles. The lowest BCUT2D eigenvalue weighted by Gasteiger charge is -2.37. The normalized spacial score (nSPS) is 25.3. The zero-order valence-corrected chi connectivity index (χ0v) is 11.7. The van der Waals surface area contributed by atoms with Crippen molar-refractivity contribution < 1.29 is 9.84 Å². The molecule has 1 aromatic rings. The van der Waals surface area contributed by atoms with Gasteiger partial charge in [0.1, 0.15) is 0 Å². The number of halogens is 1. The number of morpholine rings is 1. The Hall–Kier alpha value is -0.610. The molecule has 1 fully saturated rings. The van der Waals surface area contributed by atoms with Gasteiger partial charge in [-0.1, -0.05) is 17.7 Å². The molecule has 0 aliphatic carbocycles. The minimum atomic E-state index is -0.0613. The smallest absolute Gasteiger partial charge is 0.0933 e. The Labute approximate surface area is 113 Å². The van der Waals surface area contributed by atoms with Gasteiger partial charge in [-0.3, -0.25) is 4.90 Å². The summed E-state index contributed by atoms with van der Waals surface area (Å²) in [5.74, 6) is 0. The van der Waals surface area contributed by atoms with Crippen molar-refractivity contribution in [2.75, 3.05) is 19.8 Å². The minimum absolute atomic E-state index is 0.0613. The summed E-state index contributed by atoms with van der Waals surface area (Å²) in [5, 5.41) is 9.96. The second-order valence-electron chi connectivity index (χ2n) is 4.99. The molecule has 0 bridgehead atoms. The van der Waals surface area contributed by atoms with E-state index < -0.39 is 0 Å². The molecule has 1 aliphatic rings. The van der Waals surface area contributed by atoms with Crippen LogP contribution in [0.5, 0.6) is 0 Å². The number of aliphatic hydroxyl groups excluding tert-OH is 1. The average Bonchev–Trinajstić information content (AvgIpc) is 2.35. The number of hydrogen-bond donors (Lipinski definition) is 1. The van der Waals surface area contributed by atoms with Gasteiger partial charge in [0.15, 0.2) is 0 Å². The van der Waals surface area contributed by atoms with Gasteiger partial charge in [0.05, 0.1) is 19.3 Å². The summed E-state index contributed by atoms with van der Waals surface area (Å²) in [6.07, 6.45) is -0.0613. The number of benzene rings is 1. The summed E-state index contributed by atoms with van der Waals surface area (Å²) in [7, 11) is 0. The fourth-order valence-corrected chi connectivity index (χ4v) is 2.49. The van der Waals surface area contributed by atoms with Crippen LogP contribution >= 0.6 is 11.6 Å². The highest BCUT2D eigenvalue weighted by Crippen LogP contribution is 2.20. The van der Waals surface area contributed by atoms with E-state index in [9.17, 15) is 5.11 Å². The molecule has 0 saturated carbocycles. The second-order valence-corrected chi connectivity index (χ2v) is 5.42. The molecular weight excluding hydrogens is 250 g/mol. The molecule has 1 N–H and O–H groups in total. The van der Waals surface area contributed by atoms with Crippen LogP contribution in [0.15, 0.2) is 18.2 Å². The highest BCUT2D eigenvalue weighted by atomic mass is 35.5. The summed E-state index contributed by atoms with van der Waals surface area (Å²) < 4.78 is 5.54. The molecule has 2 atom stereocenters. The van der Waals surface area contributed by atoms with E-state index in [0.29, 0.717) is 12.6 Å². The van der Waals surface area contributed by atoms with Gasteiger partial charge < -0.3 is 9.84 Å². The maximum Gasteiger partial charge on any atom is 0.0933 e. The van der Waals surface area contributed by atoms with Crippen LogP contribution in [0.25, 0.3) is 0 Å². The zero-order chi connectivity index (χ0) is 13.1. The fourth-order valence-electron chi connectivity index (χ4n) is 2.26. The van der Waals surface area contributed by atoms with Crippen LogP contribution in [0, 0.1) is 6.92 Å². The predicted molar refractivity (Wildman–Crippen MR) is 72.9 cm³/mol. The molecule has 0 amide bonds. The maximum atomic E-state index is 9.18. The summed E-state index contributed by atoms with van der Waals surface area (Å²) in [4.78, 5) is 2.35. The van der Waals surface area contributed by atoms with Gasteiger partial charge in [0, 0.05) is 24.2 Å². The van der Waals surface area contributed by atoms with Crippen LogP contribution in [0.2, 0.25) is 5.02 Å². The largest absolute Gasteiger partial charge is 0.394 e. The van der Waals surface area contributed by atoms with Crippen LogP contribution in [0.4, 0.5) is 0 Å². The molecule has 2 rings (SSSR count). The molecule has 100 valence electrons. The average molecular weight is 270 g/mol. The van der Waals surface area contributed by atoms with Crippen LogP contribution in [-0.2, 0) is 11.3 Å². The van der Waals surface area contributed by atoms with Gasteiger partial charge in [0.2, 0.25) is 0 Å². The van der Waals surface area contributed by atoms with E-state index in [0.717, 1.165) is 18.1 Å². The lowest BCUT2D eigenvalue weighted by atomic mass is 10.1. The van der Waals surface area contributed by atoms with Crippen LogP contribution < -0.4 is 0 Å². The minimum Gasteiger partial charge on any atom is -0.394 e. The summed E-state index contributed by atoms with van der Waals surface area (Å²) >= 11 is 5.97. The standard InChI is InChI=1S/C14H20ClNO2/c1-10-5-13(15)4-3-12(10)6-16-7-14(8-17)18-9-11(16)2/h3-5,11,14,17H,6-9H2,1-2H3/t11-,14+/m1/s1. The molecule has 18 heavy (non-hydrogen) atoms. The van der Waals surface area contributed by atoms with E-state index in [1.807, 2.05) is 12.1 Å². The third-order valence-corrected chi connectivity index (χ3v) is 3.75. The van der Waals surface area contributed by atoms with Crippen molar-refractivity contribution in [3.8, 4) is 0 Å². The molecule has 1 aromatic carbocycles. The Morgan fingerprint density at radius 2 is 2.28 bits per heavy atom. The lowest BCUT2D eigenvalue weighted by Crippen LogP contribution is -2.48. The molecule has 1 saturated heterocycles. The third kappa shape index (κ3) is 3.23. The lowest BCUT2D eigenvalue weighted by molar-refractivity contribution is -0.0805. The van der Waals surface area contributed by atoms with Gasteiger partial charge in [-0.2, -0.15) is 0 Å². The first kappa shape index (κ1) is 13.8. The van der Waals surface area contributed by atoms with E-state index in [-0.39, 0.29) is 12.7 Å². The Balaban J connectivity index is 2.07. The van der Waals surface area contributed by atoms with Crippen molar-refractivity contribution in [3.05, 3.63) is 34.3 Å². The summed E-state index contributed by atoms with van der Waals surface area (Å²) in [6, 6.07) is 6.38. The van der Waals surface area contributed by atoms with Gasteiger partial charge in [-0.15, -0.1) is 0 Å². The van der Waals surface area contributed by atoms with Crippen molar-refractivity contribution in [2.45, 2.75) is 32.5 Å². The molecule has 3 nitrogen and oxygen atoms in total. The van der Waals surface area contributed by atoms with Crippen LogP contribution in [0.1, 0.15) is 18.1 Å². The molecular formula is C14H20ClNO2. The van der Waals surface area contributed by atoms with Crippen molar-refractivity contribution in [1.29, 1.82) is 0 Å². The first-order chi connectivity index (χ1) is 8.60. The number of rotatable bonds is 3. The monoisotopic (exact) mass is 269 g/mol. The van der Waals surface area contributed by atoms with Crippen LogP contribution in [0.3, 0.4) is 0 Å². The van der Waals surface area contributed by atoms with E-state index >= 15 is 0 Å². The molecule has 1 heterocycles. The Morgan fingerprint density at radius 1 is 1.50 bits per heavy atom. The zero-order valence-electron chi connectivity index (χ0n) is 10.9. The Morgan fingerprint density at radius 3 is 2.94 bits per heavy atom. The molecule has 4 heteroatoms. The van der Waals surface area contributed by atoms with Gasteiger partial charge in [0.25, 0.3) is 0 Å². The van der Waals surface area contributed by atoms with Crippen LogP contribution in [-0.4, -0.2) is 41.9 Å². The fraction of sp³-hybridized carbons (Fsp3) is 0.571. The Bertz CT molecular complexity index is 411. The molecule has 0 spiro atoms. The van der Waals surface area contributed by atoms with Crippen molar-refractivity contribution >= 4 is 11.6 Å². The molecule has 0 radical (unpaired) electrons. The maximum absolute atomic E-state index is 9.18. The number of aliphatic hydroxyl groups is 1. The van der Waals surface area contributed by atoms with E-state index in [1.165, 1.54) is 11.1 Å². The third-order valence-electron chi connectivity index (χ3n) is 3.52. The Kier molecular flexibility index (Phi) is 4.62. The number of nitrogens with zero attached hydrogens (tertiary/aromatic N) is 1. The van der Waals surface area contributed by atoms with Crippen molar-refractivity contribution in [2.24, 2.45) is 0 Å². The second kappa shape index (κ2) is 6.02. The summed E-state index contributed by atoms with van der Waals surface area (Å²) in [6.45, 7) is 6.65. The molecule has 0 unspecified atom stereocenters.